The zero-order chi connectivity index (χ0) is 63.0. The molecule has 10 rings (SSSR count). The highest BCUT2D eigenvalue weighted by atomic mass is 32.1. The molecule has 5 heterocycles. The second kappa shape index (κ2) is 27.8. The van der Waals surface area contributed by atoms with Crippen LogP contribution in [0.5, 0.6) is 11.5 Å². The third kappa shape index (κ3) is 14.3. The molecule has 0 atom stereocenters. The van der Waals surface area contributed by atoms with Gasteiger partial charge in [-0.1, -0.05) is 72.1 Å². The van der Waals surface area contributed by atoms with Crippen LogP contribution in [0.2, 0.25) is 6.82 Å². The highest BCUT2D eigenvalue weighted by molar-refractivity contribution is 7.15. The zero-order valence-corrected chi connectivity index (χ0v) is 49.7. The fraction of sp³-hybridized carbons (Fsp3) is 0.373. The van der Waals surface area contributed by atoms with Crippen LogP contribution < -0.4 is 25.5 Å². The number of ether oxygens (including phenoxy) is 1. The lowest BCUT2D eigenvalue weighted by molar-refractivity contribution is -0.144. The molecule has 21 nitrogen and oxygen atoms in total. The van der Waals surface area contributed by atoms with Gasteiger partial charge in [0.2, 0.25) is 10.9 Å². The van der Waals surface area contributed by atoms with E-state index in [1.807, 2.05) is 37.3 Å². The molecule has 0 saturated heterocycles. The molecule has 2 aliphatic carbocycles. The van der Waals surface area contributed by atoms with Crippen LogP contribution in [0.3, 0.4) is 0 Å². The predicted octanol–water partition coefficient (Wildman–Crippen LogP) is 8.26. The number of fused-ring (bicyclic) bond motifs is 1. The van der Waals surface area contributed by atoms with Crippen molar-refractivity contribution in [3.63, 3.8) is 0 Å². The van der Waals surface area contributed by atoms with Crippen LogP contribution in [-0.2, 0) is 33.8 Å². The Kier molecular flexibility index (Phi) is 20.6. The number of aromatic nitrogens is 6. The van der Waals surface area contributed by atoms with Gasteiger partial charge in [-0.15, -0.1) is 20.4 Å². The van der Waals surface area contributed by atoms with Crippen molar-refractivity contribution in [2.45, 2.75) is 110 Å². The van der Waals surface area contributed by atoms with E-state index in [0.29, 0.717) is 74.3 Å². The third-order valence-corrected chi connectivity index (χ3v) is 17.4. The zero-order valence-electron chi connectivity index (χ0n) is 48.0. The van der Waals surface area contributed by atoms with Gasteiger partial charge in [-0.25, -0.2) is 17.6 Å². The molecule has 7 aromatic rings. The smallest absolute Gasteiger partial charge is 0.424 e. The Morgan fingerprint density at radius 3 is 1.78 bits per heavy atom. The molecule has 1 amide bonds. The minimum atomic E-state index is -1.01. The summed E-state index contributed by atoms with van der Waals surface area (Å²) in [4.78, 5) is 89.2. The minimum absolute atomic E-state index is 0.00792. The SMILES string of the molecule is CCCC(=O)c1c(OCc2ccccc2)c(=O)c(-c2nnc(Cc3ccc(F)cc3F)s2)cn1N(C)B(C)O.CCN1C(=O)c2c(O)c(=O)c(-c3nnc(Cc4ccc(F)cc4F)s3)cn2N(C)C12CCC(C(=O)O)CC2.O=C1CCC(C(=O)O)CC1. The number of carboxylic acid groups (broad SMARTS) is 2. The number of Topliss-reactive ketones (excluding diaryl/α,β-unsaturated/α-hetero) is 2. The first-order valence-electron chi connectivity index (χ1n) is 27.9. The van der Waals surface area contributed by atoms with Gasteiger partial charge in [-0.2, -0.15) is 0 Å². The van der Waals surface area contributed by atoms with Gasteiger partial charge < -0.3 is 34.9 Å². The van der Waals surface area contributed by atoms with Gasteiger partial charge in [0, 0.05) is 77.3 Å². The van der Waals surface area contributed by atoms with Crippen molar-refractivity contribution in [2.75, 3.05) is 30.6 Å². The Morgan fingerprint density at radius 2 is 1.29 bits per heavy atom. The summed E-state index contributed by atoms with van der Waals surface area (Å²) in [7, 11) is 2.30. The van der Waals surface area contributed by atoms with E-state index >= 15 is 0 Å². The maximum Gasteiger partial charge on any atom is 0.424 e. The van der Waals surface area contributed by atoms with Gasteiger partial charge in [0.05, 0.1) is 23.0 Å². The van der Waals surface area contributed by atoms with E-state index in [-0.39, 0.29) is 92.8 Å². The largest absolute Gasteiger partial charge is 0.502 e. The third-order valence-electron chi connectivity index (χ3n) is 15.5. The number of aliphatic carboxylic acids is 2. The molecule has 4 N–H and O–H groups in total. The molecule has 458 valence electrons. The summed E-state index contributed by atoms with van der Waals surface area (Å²) in [5, 5.41) is 58.5. The number of halogens is 4. The number of benzene rings is 3. The van der Waals surface area contributed by atoms with Crippen molar-refractivity contribution < 1.29 is 66.6 Å². The molecular formula is C59H62BF4N9O12S2. The fourth-order valence-electron chi connectivity index (χ4n) is 10.6. The first kappa shape index (κ1) is 64.4. The lowest BCUT2D eigenvalue weighted by Gasteiger charge is -2.56. The van der Waals surface area contributed by atoms with E-state index in [2.05, 4.69) is 20.4 Å². The summed E-state index contributed by atoms with van der Waals surface area (Å²) < 4.78 is 63.7. The van der Waals surface area contributed by atoms with E-state index in [9.17, 15) is 66.4 Å². The van der Waals surface area contributed by atoms with E-state index in [0.717, 1.165) is 52.5 Å². The molecule has 1 aliphatic heterocycles. The first-order valence-corrected chi connectivity index (χ1v) is 29.6. The van der Waals surface area contributed by atoms with E-state index < -0.39 is 76.4 Å². The lowest BCUT2D eigenvalue weighted by Crippen LogP contribution is -2.70. The Morgan fingerprint density at radius 1 is 0.759 bits per heavy atom. The number of carbonyl (C=O) groups excluding carboxylic acids is 3. The molecule has 1 spiro atoms. The molecule has 2 saturated carbocycles. The number of pyridine rings is 2. The lowest BCUT2D eigenvalue weighted by atomic mass is 9.79. The van der Waals surface area contributed by atoms with Gasteiger partial charge in [-0.3, -0.25) is 47.9 Å². The van der Waals surface area contributed by atoms with Crippen molar-refractivity contribution >= 4 is 59.1 Å². The van der Waals surface area contributed by atoms with Gasteiger partial charge in [0.15, 0.2) is 38.7 Å². The molecule has 28 heteroatoms. The van der Waals surface area contributed by atoms with Gasteiger partial charge in [0.25, 0.3) is 5.91 Å². The summed E-state index contributed by atoms with van der Waals surface area (Å²) in [6, 6.07) is 15.7. The van der Waals surface area contributed by atoms with E-state index in [1.165, 1.54) is 45.6 Å². The second-order valence-corrected chi connectivity index (χ2v) is 23.2. The highest BCUT2D eigenvalue weighted by Gasteiger charge is 2.52. The maximum atomic E-state index is 14.2. The van der Waals surface area contributed by atoms with Crippen molar-refractivity contribution in [2.24, 2.45) is 11.8 Å². The van der Waals surface area contributed by atoms with Crippen LogP contribution in [-0.4, -0.2) is 118 Å². The standard InChI is InChI=1S/C27H27BF2N4O4S.C25H25F2N5O5S.C7H10O3/c1-4-8-22(35)24-26(38-16-17-9-6-5-7-10-17)25(36)20(15-34(24)33(3)28(2)37)27-32-31-23(39-27)13-18-11-12-19(29)14-21(18)30;1-3-31-23(35)19-21(34)20(33)16(12-32(19)30(2)25(31)8-6-13(7-9-25)24(36)37)22-29-28-18(38-22)10-14-4-5-15(26)11-17(14)27;8-6-3-1-5(2-4-6)7(9)10/h5-7,9-12,14-15,37H,4,8,13,16H2,1-3H3;4-5,11-13,34H,3,6-10H2,1-2H3,(H,36,37);5H,1-4H2,(H,9,10). The van der Waals surface area contributed by atoms with Crippen molar-refractivity contribution in [3.8, 4) is 32.6 Å². The summed E-state index contributed by atoms with van der Waals surface area (Å²) in [5.74, 6) is -6.74. The molecule has 2 fully saturated rings. The summed E-state index contributed by atoms with van der Waals surface area (Å²) in [6.45, 7) is 5.51. The van der Waals surface area contributed by atoms with Gasteiger partial charge in [0.1, 0.15) is 51.3 Å². The predicted molar refractivity (Wildman–Crippen MR) is 315 cm³/mol. The molecule has 3 aromatic carbocycles. The maximum absolute atomic E-state index is 14.2. The molecule has 0 unspecified atom stereocenters. The number of carbonyl (C=O) groups is 5. The van der Waals surface area contributed by atoms with Crippen molar-refractivity contribution in [3.05, 3.63) is 161 Å². The topological polar surface area (TPSA) is 281 Å². The van der Waals surface area contributed by atoms with Crippen molar-refractivity contribution in [1.29, 1.82) is 0 Å². The van der Waals surface area contributed by atoms with Crippen LogP contribution in [0.25, 0.3) is 21.1 Å². The van der Waals surface area contributed by atoms with Crippen LogP contribution >= 0.6 is 22.7 Å². The number of aromatic hydroxyl groups is 1. The molecular weight excluding hydrogens is 1180 g/mol. The van der Waals surface area contributed by atoms with Crippen LogP contribution in [0.4, 0.5) is 17.6 Å². The summed E-state index contributed by atoms with van der Waals surface area (Å²) in [5.41, 5.74) is -1.01. The number of ketones is 2. The van der Waals surface area contributed by atoms with Crippen LogP contribution in [0, 0.1) is 35.1 Å². The van der Waals surface area contributed by atoms with Gasteiger partial charge >= 0.3 is 19.0 Å². The molecule has 87 heavy (non-hydrogen) atoms. The van der Waals surface area contributed by atoms with E-state index in [4.69, 9.17) is 9.84 Å². The quantitative estimate of drug-likeness (QED) is 0.0379. The number of carboxylic acids is 2. The molecule has 0 bridgehead atoms. The van der Waals surface area contributed by atoms with Crippen LogP contribution in [0.15, 0.2) is 88.7 Å². The number of hydrogen-bond acceptors (Lipinski definition) is 18. The second-order valence-electron chi connectivity index (χ2n) is 21.1. The number of hydrogen-bond donors (Lipinski definition) is 4. The normalized spacial score (nSPS) is 16.6. The average Bonchev–Trinajstić information content (AvgIpc) is 1.27. The Balaban J connectivity index is 0.000000194. The average molecular weight is 1240 g/mol. The number of rotatable bonds is 17. The number of nitrogens with zero attached hydrogens (tertiary/aromatic N) is 9. The highest BCUT2D eigenvalue weighted by Crippen LogP contribution is 2.43. The minimum Gasteiger partial charge on any atom is -0.502 e. The van der Waals surface area contributed by atoms with Gasteiger partial charge in [-0.05, 0) is 87.5 Å². The Bertz CT molecular complexity index is 3830. The Labute approximate surface area is 504 Å². The Hall–Kier alpha value is -8.63. The number of amides is 1. The molecule has 3 aliphatic rings. The molecule has 0 radical (unpaired) electrons. The summed E-state index contributed by atoms with van der Waals surface area (Å²) in [6.07, 6.45) is 7.17. The van der Waals surface area contributed by atoms with Crippen molar-refractivity contribution in [1.82, 2.24) is 34.6 Å². The molecule has 4 aromatic heterocycles. The first-order chi connectivity index (χ1) is 41.5. The fourth-order valence-corrected chi connectivity index (χ4v) is 12.3. The van der Waals surface area contributed by atoms with E-state index in [1.54, 1.807) is 30.9 Å². The monoisotopic (exact) mass is 1240 g/mol. The van der Waals surface area contributed by atoms with Crippen LogP contribution in [0.1, 0.15) is 126 Å². The summed E-state index contributed by atoms with van der Waals surface area (Å²) >= 11 is 2.09.